The van der Waals surface area contributed by atoms with Gasteiger partial charge in [0.25, 0.3) is 0 Å². The number of allylic oxidation sites excluding steroid dienone is 1. The number of ketones is 1. The molecule has 1 fully saturated rings. The van der Waals surface area contributed by atoms with Crippen molar-refractivity contribution in [2.75, 3.05) is 0 Å². The number of thiocarbonyl (C=S) groups is 1. The van der Waals surface area contributed by atoms with Crippen LogP contribution in [0.15, 0.2) is 29.2 Å². The molecule has 1 aliphatic heterocycles. The highest BCUT2D eigenvalue weighted by molar-refractivity contribution is 8.27. The van der Waals surface area contributed by atoms with Gasteiger partial charge in [0.1, 0.15) is 0 Å². The van der Waals surface area contributed by atoms with Crippen LogP contribution in [0.1, 0.15) is 30.0 Å². The summed E-state index contributed by atoms with van der Waals surface area (Å²) in [5.41, 5.74) is 0. The zero-order valence-corrected chi connectivity index (χ0v) is 15.7. The summed E-state index contributed by atoms with van der Waals surface area (Å²) in [6.45, 7) is 4.49. The number of carbonyl (C=O) groups is 1. The van der Waals surface area contributed by atoms with Gasteiger partial charge in [0.2, 0.25) is 0 Å². The molecule has 1 aliphatic rings. The van der Waals surface area contributed by atoms with Crippen molar-refractivity contribution in [2.24, 2.45) is 5.92 Å². The molecule has 0 amide bonds. The summed E-state index contributed by atoms with van der Waals surface area (Å²) in [6, 6.07) is 8.66. The number of Topliss-reactive ketones (excluding diaryl/α,β-unsaturated/α-hetero) is 1. The van der Waals surface area contributed by atoms with Crippen molar-refractivity contribution in [1.82, 2.24) is 0 Å². The molecule has 2 aromatic heterocycles. The Balaban J connectivity index is 1.79. The smallest absolute Gasteiger partial charge is 0.175 e. The van der Waals surface area contributed by atoms with E-state index >= 15 is 0 Å². The lowest BCUT2D eigenvalue weighted by molar-refractivity contribution is -0.113. The lowest BCUT2D eigenvalue weighted by atomic mass is 10.1. The molecule has 2 aromatic rings. The van der Waals surface area contributed by atoms with Gasteiger partial charge in [-0.15, -0.1) is 22.7 Å². The van der Waals surface area contributed by atoms with Crippen LogP contribution < -0.4 is 0 Å². The van der Waals surface area contributed by atoms with Crippen LogP contribution in [0.5, 0.6) is 0 Å². The molecule has 0 bridgehead atoms. The van der Waals surface area contributed by atoms with Gasteiger partial charge in [-0.05, 0) is 42.7 Å². The van der Waals surface area contributed by atoms with Gasteiger partial charge in [0, 0.05) is 19.5 Å². The Labute approximate surface area is 148 Å². The first kappa shape index (κ1) is 16.1. The third-order valence-corrected chi connectivity index (χ3v) is 6.88. The van der Waals surface area contributed by atoms with Gasteiger partial charge in [-0.25, -0.2) is 0 Å². The molecule has 0 aliphatic carbocycles. The van der Waals surface area contributed by atoms with Crippen LogP contribution in [0.2, 0.25) is 0 Å². The summed E-state index contributed by atoms with van der Waals surface area (Å²) in [7, 11) is 0. The molecule has 1 saturated heterocycles. The van der Waals surface area contributed by atoms with Crippen molar-refractivity contribution in [3.63, 3.8) is 0 Å². The van der Waals surface area contributed by atoms with E-state index in [0.29, 0.717) is 12.3 Å². The molecule has 0 N–H and O–H groups in total. The van der Waals surface area contributed by atoms with Gasteiger partial charge < -0.3 is 0 Å². The van der Waals surface area contributed by atoms with E-state index in [2.05, 4.69) is 38.1 Å². The second kappa shape index (κ2) is 6.79. The highest BCUT2D eigenvalue weighted by atomic mass is 32.2. The Morgan fingerprint density at radius 2 is 1.91 bits per heavy atom. The first-order chi connectivity index (χ1) is 10.5. The summed E-state index contributed by atoms with van der Waals surface area (Å²) in [5.74, 6) is 0.838. The molecular weight excluding hydrogens is 348 g/mol. The topological polar surface area (TPSA) is 17.1 Å². The number of hydrogen-bond acceptors (Lipinski definition) is 5. The Bertz CT molecular complexity index is 748. The number of thioether (sulfide) groups is 1. The van der Waals surface area contributed by atoms with Crippen LogP contribution in [0.3, 0.4) is 0 Å². The van der Waals surface area contributed by atoms with Crippen molar-refractivity contribution >= 4 is 62.7 Å². The van der Waals surface area contributed by atoms with E-state index in [1.54, 1.807) is 11.3 Å². The van der Waals surface area contributed by atoms with Crippen LogP contribution in [0.4, 0.5) is 0 Å². The predicted molar refractivity (Wildman–Crippen MR) is 104 cm³/mol. The van der Waals surface area contributed by atoms with Crippen molar-refractivity contribution in [1.29, 1.82) is 0 Å². The summed E-state index contributed by atoms with van der Waals surface area (Å²) >= 11 is 10.2. The summed E-state index contributed by atoms with van der Waals surface area (Å²) in [6.07, 6.45) is 3.52. The Kier molecular flexibility index (Phi) is 4.97. The zero-order chi connectivity index (χ0) is 15.7. The SMILES string of the molecule is CC(C)Cc1ccc(-c2ccc(/C=C3\SC(=S)CC3=O)s2)s1. The third-order valence-electron chi connectivity index (χ3n) is 3.22. The number of hydrogen-bond donors (Lipinski definition) is 0. The minimum Gasteiger partial charge on any atom is -0.293 e. The minimum atomic E-state index is 0.153. The molecule has 0 aromatic carbocycles. The van der Waals surface area contributed by atoms with Crippen molar-refractivity contribution in [2.45, 2.75) is 26.7 Å². The van der Waals surface area contributed by atoms with E-state index in [4.69, 9.17) is 12.2 Å². The second-order valence-corrected chi connectivity index (χ2v) is 9.82. The molecule has 0 radical (unpaired) electrons. The van der Waals surface area contributed by atoms with Crippen LogP contribution in [-0.2, 0) is 11.2 Å². The van der Waals surface area contributed by atoms with Gasteiger partial charge >= 0.3 is 0 Å². The van der Waals surface area contributed by atoms with E-state index in [1.165, 1.54) is 26.4 Å². The average Bonchev–Trinajstić information content (AvgIpc) is 3.11. The summed E-state index contributed by atoms with van der Waals surface area (Å²) in [5, 5.41) is 0. The third kappa shape index (κ3) is 3.77. The first-order valence-electron chi connectivity index (χ1n) is 7.16. The maximum absolute atomic E-state index is 11.8. The highest BCUT2D eigenvalue weighted by Crippen LogP contribution is 2.37. The predicted octanol–water partition coefficient (Wildman–Crippen LogP) is 6.05. The fourth-order valence-electron chi connectivity index (χ4n) is 2.26. The summed E-state index contributed by atoms with van der Waals surface area (Å²) < 4.78 is 0.782. The normalized spacial score (nSPS) is 17.1. The lowest BCUT2D eigenvalue weighted by Crippen LogP contribution is -1.90. The van der Waals surface area contributed by atoms with Gasteiger partial charge in [0.05, 0.1) is 15.5 Å². The molecule has 3 heterocycles. The fraction of sp³-hybridized carbons (Fsp3) is 0.294. The molecule has 0 atom stereocenters. The average molecular weight is 365 g/mol. The Hall–Kier alpha value is -0.750. The highest BCUT2D eigenvalue weighted by Gasteiger charge is 2.22. The number of carbonyl (C=O) groups excluding carboxylic acids is 1. The maximum atomic E-state index is 11.8. The quantitative estimate of drug-likeness (QED) is 0.485. The van der Waals surface area contributed by atoms with Crippen molar-refractivity contribution in [3.05, 3.63) is 38.9 Å². The van der Waals surface area contributed by atoms with E-state index in [0.717, 1.165) is 20.4 Å². The molecule has 114 valence electrons. The first-order valence-corrected chi connectivity index (χ1v) is 10.0. The van der Waals surface area contributed by atoms with Crippen molar-refractivity contribution < 1.29 is 4.79 Å². The number of rotatable bonds is 4. The Morgan fingerprint density at radius 3 is 2.59 bits per heavy atom. The largest absolute Gasteiger partial charge is 0.293 e. The van der Waals surface area contributed by atoms with Gasteiger partial charge in [-0.2, -0.15) is 0 Å². The monoisotopic (exact) mass is 364 g/mol. The molecule has 0 saturated carbocycles. The van der Waals surface area contributed by atoms with Crippen LogP contribution >= 0.6 is 46.7 Å². The molecule has 22 heavy (non-hydrogen) atoms. The van der Waals surface area contributed by atoms with Gasteiger partial charge in [-0.1, -0.05) is 37.8 Å². The second-order valence-electron chi connectivity index (χ2n) is 5.65. The zero-order valence-electron chi connectivity index (χ0n) is 12.4. The van der Waals surface area contributed by atoms with Gasteiger partial charge in [-0.3, -0.25) is 4.79 Å². The van der Waals surface area contributed by atoms with Crippen LogP contribution in [0.25, 0.3) is 15.8 Å². The standard InChI is InChI=1S/C17H16OS4/c1-10(2)7-11-3-5-14(20-11)15-6-4-12(21-15)8-16-13(18)9-17(19)22-16/h3-6,8,10H,7,9H2,1-2H3/b16-8-. The van der Waals surface area contributed by atoms with E-state index in [9.17, 15) is 4.79 Å². The van der Waals surface area contributed by atoms with Crippen molar-refractivity contribution in [3.8, 4) is 9.75 Å². The molecule has 0 unspecified atom stereocenters. The van der Waals surface area contributed by atoms with E-state index < -0.39 is 0 Å². The molecular formula is C17H16OS4. The molecule has 1 nitrogen and oxygen atoms in total. The molecule has 0 spiro atoms. The fourth-order valence-corrected chi connectivity index (χ4v) is 5.82. The summed E-state index contributed by atoms with van der Waals surface area (Å²) in [4.78, 5) is 17.7. The van der Waals surface area contributed by atoms with E-state index in [-0.39, 0.29) is 5.78 Å². The minimum absolute atomic E-state index is 0.153. The molecule has 5 heteroatoms. The van der Waals surface area contributed by atoms with Gasteiger partial charge in [0.15, 0.2) is 5.78 Å². The lowest BCUT2D eigenvalue weighted by Gasteiger charge is -1.99. The molecule has 3 rings (SSSR count). The van der Waals surface area contributed by atoms with Crippen LogP contribution in [0, 0.1) is 5.92 Å². The number of thiophene rings is 2. The van der Waals surface area contributed by atoms with E-state index in [1.807, 2.05) is 17.4 Å². The Morgan fingerprint density at radius 1 is 1.18 bits per heavy atom. The maximum Gasteiger partial charge on any atom is 0.175 e. The van der Waals surface area contributed by atoms with Crippen LogP contribution in [-0.4, -0.2) is 9.98 Å².